The number of nitrogens with one attached hydrogen (secondary N) is 4. The zero-order chi connectivity index (χ0) is 161. The van der Waals surface area contributed by atoms with Gasteiger partial charge in [-0.3, -0.25) is 0 Å². The predicted octanol–water partition coefficient (Wildman–Crippen LogP) is 8.73. The Morgan fingerprint density at radius 1 is 0.375 bits per heavy atom. The third-order valence-corrected chi connectivity index (χ3v) is 23.0. The van der Waals surface area contributed by atoms with Crippen LogP contribution in [0.1, 0.15) is 287 Å². The molecule has 0 spiro atoms. The maximum Gasteiger partial charge on any atom is 0.191 e. The first-order chi connectivity index (χ1) is 94.0. The SMILES string of the molecule is [2H]c1c([2H])c([C@]2([2H])C([2H])([2H])[C@@]2([2H])Nc2nc(SCCC)nc3c2nnn3[C@]2([2H])C([2H])([2H])[C@]([2H])(OCCO)[C@@]([2H])(O)[C@@]2([2H])O)c([2H])c(F)c1C.[2H]c1c([2H])c([C@]2([2H])C[C@@]2([2H])Nc2nc(SC([2H])([2H])C([2H])([2H])C)nc3c2nnn3[C@]2([2H])C([2H])([2H])[C@]([2H])(OC([2H])([2H])C([2H])([2H])O)[C@@]([2H])(O)[C@@]2([2H])O)c([2H])c(F)c1C.[2H]c1c([2H])c([C@]2([2H])C[C@@]2([2H])Nc2nc(SC([2H])([2H])C([2H])([2H])C)nc3c2nnn3[C@]2([2H])C([2H])([2H])[C@]([2H])(OC([2H])([2H])CO)[C@@]([2H])(O)[C@@]2([2H])O)c([2H])c(F)c1C.[2H]c1c([2H])c([C@]2([2H])C[C@@]2([2H])Nc2nc(SC([2H])([2H])C([2H])([2H])C)nc3c2nnn3[C@]2([2H])C([2H])([2H])[C@]([2H])(OCC([2H])([2H])O)[C@@]([2H])(O)[C@@]2([2H])O)c([2H])c(F)c1C. The normalized spacial score (nSPS) is 49.3. The Morgan fingerprint density at radius 2 is 0.674 bits per heavy atom. The summed E-state index contributed by atoms with van der Waals surface area (Å²) in [6.45, 7) is -10.9. The van der Waals surface area contributed by atoms with E-state index < -0.39 is 486 Å². The van der Waals surface area contributed by atoms with Crippen molar-refractivity contribution in [3.05, 3.63) is 140 Å². The molecule has 8 aromatic heterocycles. The van der Waals surface area contributed by atoms with Gasteiger partial charge in [-0.05, 0) is 148 Å². The summed E-state index contributed by atoms with van der Waals surface area (Å²) in [5, 5.41) is 163. The first kappa shape index (κ1) is 51.1. The fraction of sp³-hybridized carbons (Fsp3) is 0.583. The highest BCUT2D eigenvalue weighted by molar-refractivity contribution is 7.99. The molecule has 8 aliphatic rings. The van der Waals surface area contributed by atoms with E-state index in [1.165, 1.54) is 0 Å². The van der Waals surface area contributed by atoms with E-state index >= 15 is 0 Å². The molecule has 48 heteroatoms. The van der Waals surface area contributed by atoms with Crippen molar-refractivity contribution in [3.8, 4) is 0 Å². The number of hydrogen-bond acceptors (Lipinski definition) is 40. The predicted molar refractivity (Wildman–Crippen MR) is 530 cm³/mol. The van der Waals surface area contributed by atoms with Crippen LogP contribution in [0.4, 0.5) is 40.8 Å². The molecule has 0 bridgehead atoms. The average Bonchev–Trinajstić information content (AvgIpc) is 1.46. The number of benzene rings is 4. The highest BCUT2D eigenvalue weighted by Gasteiger charge is 2.51. The molecule has 8 heterocycles. The molecule has 0 unspecified atom stereocenters. The standard InChI is InChI=1S/4C24H31FN6O4S/c4*1-3-8-36-24-27-22(26-16-10-14(16)13-5-4-12(2)15(25)9-13)19-23(28-24)31(30-29-19)17-11-18(35-7-6-32)21(34)20(17)33/h4*4-5,9,14,16-18,20-21,32-34H,3,6-8,10-11H2,1-2H3,(H,26,27,28)/t4*14-,16+,17+,18-,20-,21+/m0000/s1/i3D2,4D,5D,6D2,7D2,8D2,9D,11D2,14D,16D,17D,18D,20D,21D;3D2,4D,5D,7D2,8D2,9D,11D2,14D,16D,17D,18D,20D,21D;3D2,4D,5D,6D2,8D2,9D,11D2,14D,16D,17D,18D,20D,21D;4D,5D,9D,10D2,11D2,14D,16D,17D,18D,20D,21D. The second kappa shape index (κ2) is 47.3. The molecular formula is C96H124F4N24O16S4. The van der Waals surface area contributed by atoms with Gasteiger partial charge in [-0.25, -0.2) is 76.2 Å². The van der Waals surface area contributed by atoms with Gasteiger partial charge in [-0.15, -0.1) is 20.4 Å². The molecule has 0 aliphatic heterocycles. The van der Waals surface area contributed by atoms with E-state index in [-0.39, 0.29) is 81.4 Å². The Hall–Kier alpha value is -9.52. The van der Waals surface area contributed by atoms with Gasteiger partial charge in [-0.1, -0.05) is 144 Å². The van der Waals surface area contributed by atoms with Gasteiger partial charge in [-0.2, -0.15) is 0 Å². The largest absolute Gasteiger partial charge is 0.394 e. The van der Waals surface area contributed by atoms with Gasteiger partial charge < -0.3 is 101 Å². The number of ether oxygens (including phenoxy) is 4. The molecule has 16 N–H and O–H groups in total. The number of aliphatic hydroxyl groups excluding tert-OH is 2. The first-order valence-corrected chi connectivity index (χ1v) is 45.0. The van der Waals surface area contributed by atoms with Crippen LogP contribution in [0.5, 0.6) is 0 Å². The van der Waals surface area contributed by atoms with Gasteiger partial charge in [0.15, 0.2) is 88.6 Å². The van der Waals surface area contributed by atoms with Gasteiger partial charge in [0.2, 0.25) is 0 Å². The van der Waals surface area contributed by atoms with Crippen molar-refractivity contribution in [2.75, 3.05) is 96.8 Å². The van der Waals surface area contributed by atoms with Crippen LogP contribution in [0.3, 0.4) is 0 Å². The highest BCUT2D eigenvalue weighted by atomic mass is 32.2. The Kier molecular flexibility index (Phi) is 16.8. The number of fused-ring (bicyclic) bond motifs is 4. The third-order valence-electron chi connectivity index (χ3n) is 20.0. The summed E-state index contributed by atoms with van der Waals surface area (Å²) in [6, 6.07) is -35.3. The number of nitrogens with zero attached hydrogens (tertiary/aromatic N) is 20. The molecule has 0 amide bonds. The van der Waals surface area contributed by atoms with Crippen molar-refractivity contribution in [1.82, 2.24) is 99.8 Å². The number of aliphatic hydroxyl groups is 12. The molecule has 20 rings (SSSR count). The first-order valence-electron chi connectivity index (χ1n) is 74.5. The van der Waals surface area contributed by atoms with Crippen LogP contribution >= 0.6 is 47.0 Å². The number of rotatable bonds is 40. The molecule has 8 fully saturated rings. The molecule has 40 nitrogen and oxygen atoms in total. The molecule has 776 valence electrons. The number of aromatic nitrogens is 20. The van der Waals surface area contributed by atoms with Crippen molar-refractivity contribution in [2.45, 2.75) is 297 Å². The molecule has 0 saturated heterocycles. The van der Waals surface area contributed by atoms with Crippen LogP contribution in [-0.4, -0.2) is 334 Å². The maximum absolute atomic E-state index is 14.9. The van der Waals surface area contributed by atoms with Gasteiger partial charge >= 0.3 is 0 Å². The van der Waals surface area contributed by atoms with Crippen molar-refractivity contribution in [3.63, 3.8) is 0 Å². The van der Waals surface area contributed by atoms with E-state index in [2.05, 4.69) is 112 Å². The van der Waals surface area contributed by atoms with Crippen molar-refractivity contribution in [2.24, 2.45) is 0 Å². The molecule has 4 aromatic carbocycles. The lowest BCUT2D eigenvalue weighted by molar-refractivity contribution is -0.0629. The van der Waals surface area contributed by atoms with E-state index in [4.69, 9.17) is 99.9 Å². The van der Waals surface area contributed by atoms with Crippen LogP contribution in [0.25, 0.3) is 44.7 Å². The number of anilines is 4. The summed E-state index contributed by atoms with van der Waals surface area (Å²) in [6.07, 6.45) is -78.1. The monoisotopic (exact) mass is 2140 g/mol. The van der Waals surface area contributed by atoms with Crippen molar-refractivity contribution >= 4 is 115 Å². The summed E-state index contributed by atoms with van der Waals surface area (Å²) in [5.74, 6) is -17.2. The third kappa shape index (κ3) is 23.8. The summed E-state index contributed by atoms with van der Waals surface area (Å²) in [5.41, 5.74) is -19.3. The van der Waals surface area contributed by atoms with Crippen LogP contribution in [0.15, 0.2) is 93.1 Å². The Labute approximate surface area is 936 Å². The summed E-state index contributed by atoms with van der Waals surface area (Å²) < 4.78 is 631. The molecule has 144 heavy (non-hydrogen) atoms. The van der Waals surface area contributed by atoms with Gasteiger partial charge in [0.25, 0.3) is 0 Å². The minimum absolute atomic E-state index is 0.00150. The van der Waals surface area contributed by atoms with E-state index in [0.717, 1.165) is 60.2 Å². The summed E-state index contributed by atoms with van der Waals surface area (Å²) in [4.78, 5) is 32.4. The fourth-order valence-corrected chi connectivity index (χ4v) is 14.8. The topological polar surface area (TPSA) is 554 Å². The fourth-order valence-electron chi connectivity index (χ4n) is 12.8. The minimum Gasteiger partial charge on any atom is -0.394 e. The number of halogens is 4. The van der Waals surface area contributed by atoms with Gasteiger partial charge in [0.05, 0.1) is 156 Å². The molecule has 0 radical (unpaired) electrons. The lowest BCUT2D eigenvalue weighted by Crippen LogP contribution is -2.33. The quantitative estimate of drug-likeness (QED) is 0.00969. The minimum atomic E-state index is -4.48. The average molecular weight is 2140 g/mol. The molecule has 24 atom stereocenters. The lowest BCUT2D eigenvalue weighted by atomic mass is 10.1. The Balaban J connectivity index is 0.000000180. The van der Waals surface area contributed by atoms with E-state index in [1.54, 1.807) is 6.92 Å². The number of hydrogen-bond donors (Lipinski definition) is 16. The molecular weight excluding hydrogens is 1950 g/mol. The second-order valence-electron chi connectivity index (χ2n) is 29.6. The van der Waals surface area contributed by atoms with Crippen LogP contribution in [0.2, 0.25) is 0 Å². The lowest BCUT2D eigenvalue weighted by Gasteiger charge is -2.17. The molecule has 8 aliphatic carbocycles. The molecule has 12 aromatic rings. The van der Waals surface area contributed by atoms with E-state index in [0.29, 0.717) is 12.2 Å². The number of thioether (sulfide) groups is 4. The van der Waals surface area contributed by atoms with E-state index in [1.807, 2.05) is 0 Å². The van der Waals surface area contributed by atoms with Gasteiger partial charge in [0.1, 0.15) is 71.9 Å². The maximum atomic E-state index is 14.9. The van der Waals surface area contributed by atoms with E-state index in [9.17, 15) is 78.8 Å². The zero-order valence-corrected chi connectivity index (χ0v) is 78.2. The highest BCUT2D eigenvalue weighted by Crippen LogP contribution is 2.50. The van der Waals surface area contributed by atoms with Crippen LogP contribution in [0, 0.1) is 51.0 Å². The Morgan fingerprint density at radius 3 is 0.972 bits per heavy atom. The smallest absolute Gasteiger partial charge is 0.191 e. The van der Waals surface area contributed by atoms with Crippen molar-refractivity contribution in [1.29, 1.82) is 0 Å². The van der Waals surface area contributed by atoms with Gasteiger partial charge in [0, 0.05) is 132 Å². The summed E-state index contributed by atoms with van der Waals surface area (Å²) in [7, 11) is 0. The summed E-state index contributed by atoms with van der Waals surface area (Å²) >= 11 is 0.906. The van der Waals surface area contributed by atoms with Crippen LogP contribution < -0.4 is 21.3 Å². The second-order valence-corrected chi connectivity index (χ2v) is 33.0. The van der Waals surface area contributed by atoms with Crippen molar-refractivity contribution < 1.29 is 188 Å². The zero-order valence-electron chi connectivity index (χ0n) is 141. The Bertz CT molecular complexity index is 10100. The molecule has 8 saturated carbocycles. The van der Waals surface area contributed by atoms with Crippen LogP contribution in [-0.2, 0) is 18.9 Å².